The molecule has 0 aromatic heterocycles. The van der Waals surface area contributed by atoms with Crippen molar-refractivity contribution in [2.45, 2.75) is 33.1 Å². The summed E-state index contributed by atoms with van der Waals surface area (Å²) in [6.45, 7) is 3.92. The van der Waals surface area contributed by atoms with Gasteiger partial charge in [-0.3, -0.25) is 14.5 Å². The van der Waals surface area contributed by atoms with Crippen molar-refractivity contribution in [1.29, 1.82) is 0 Å². The van der Waals surface area contributed by atoms with Crippen LogP contribution in [0.1, 0.15) is 30.5 Å². The summed E-state index contributed by atoms with van der Waals surface area (Å²) in [4.78, 5) is 26.1. The molecule has 2 aromatic rings. The fourth-order valence-corrected chi connectivity index (χ4v) is 2.99. The van der Waals surface area contributed by atoms with Crippen LogP contribution < -0.4 is 4.90 Å². The number of hydrogen-bond acceptors (Lipinski definition) is 3. The number of hydrogen-bond donors (Lipinski definition) is 0. The summed E-state index contributed by atoms with van der Waals surface area (Å²) in [7, 11) is 0. The molecule has 0 atom stereocenters. The Labute approximate surface area is 159 Å². The molecule has 0 saturated heterocycles. The molecule has 26 heavy (non-hydrogen) atoms. The quantitative estimate of drug-likeness (QED) is 0.397. The number of anilines is 1. The normalized spacial score (nSPS) is 10.4. The van der Waals surface area contributed by atoms with Gasteiger partial charge in [-0.1, -0.05) is 62.4 Å². The fourth-order valence-electron chi connectivity index (χ4n) is 2.85. The highest BCUT2D eigenvalue weighted by Crippen LogP contribution is 2.27. The number of ether oxygens (including phenoxy) is 1. The Bertz CT molecular complexity index is 724. The van der Waals surface area contributed by atoms with Gasteiger partial charge >= 0.3 is 5.97 Å². The van der Waals surface area contributed by atoms with E-state index in [4.69, 9.17) is 16.3 Å². The number of carbonyl (C=O) groups is 2. The molecule has 2 rings (SSSR count). The summed E-state index contributed by atoms with van der Waals surface area (Å²) in [5.74, 6) is -0.831. The first-order valence-electron chi connectivity index (χ1n) is 8.77. The van der Waals surface area contributed by atoms with E-state index in [1.807, 2.05) is 62.4 Å². The fraction of sp³-hybridized carbons (Fsp3) is 0.333. The van der Waals surface area contributed by atoms with Crippen molar-refractivity contribution in [1.82, 2.24) is 0 Å². The molecule has 0 aliphatic heterocycles. The first-order valence-corrected chi connectivity index (χ1v) is 9.30. The highest BCUT2D eigenvalue weighted by atomic mass is 35.5. The average Bonchev–Trinajstić information content (AvgIpc) is 2.68. The maximum atomic E-state index is 12.4. The summed E-state index contributed by atoms with van der Waals surface area (Å²) < 4.78 is 5.39. The molecule has 0 bridgehead atoms. The summed E-state index contributed by atoms with van der Waals surface area (Å²) in [6, 6.07) is 15.3. The molecule has 2 aromatic carbocycles. The second-order valence-electron chi connectivity index (χ2n) is 5.90. The van der Waals surface area contributed by atoms with E-state index in [2.05, 4.69) is 0 Å². The van der Waals surface area contributed by atoms with E-state index in [1.54, 1.807) is 0 Å². The molecule has 0 saturated carbocycles. The largest absolute Gasteiger partial charge is 0.444 e. The van der Waals surface area contributed by atoms with Gasteiger partial charge in [-0.05, 0) is 29.5 Å². The zero-order chi connectivity index (χ0) is 18.9. The lowest BCUT2D eigenvalue weighted by Crippen LogP contribution is -2.36. The Morgan fingerprint density at radius 1 is 0.962 bits per heavy atom. The molecule has 5 heteroatoms. The van der Waals surface area contributed by atoms with Gasteiger partial charge in [0.25, 0.3) is 0 Å². The van der Waals surface area contributed by atoms with E-state index >= 15 is 0 Å². The van der Waals surface area contributed by atoms with Crippen LogP contribution in [0.5, 0.6) is 0 Å². The van der Waals surface area contributed by atoms with Crippen molar-refractivity contribution in [3.63, 3.8) is 0 Å². The summed E-state index contributed by atoms with van der Waals surface area (Å²) in [6.07, 6.45) is 1.71. The summed E-state index contributed by atoms with van der Waals surface area (Å²) in [5, 5.41) is 0. The van der Waals surface area contributed by atoms with Gasteiger partial charge in [0.2, 0.25) is 5.91 Å². The molecule has 0 fully saturated rings. The number of amides is 1. The van der Waals surface area contributed by atoms with E-state index in [0.29, 0.717) is 0 Å². The summed E-state index contributed by atoms with van der Waals surface area (Å²) in [5.41, 5.74) is 3.73. The minimum absolute atomic E-state index is 0.138. The van der Waals surface area contributed by atoms with E-state index in [0.717, 1.165) is 35.2 Å². The van der Waals surface area contributed by atoms with Crippen LogP contribution in [0.3, 0.4) is 0 Å². The molecule has 0 aliphatic carbocycles. The minimum atomic E-state index is -0.379. The monoisotopic (exact) mass is 373 g/mol. The molecule has 1 amide bonds. The number of alkyl halides is 1. The standard InChI is InChI=1S/C21H24ClNO3/c1-3-17-11-8-12-18(4-2)21(17)23(19(24)14-22)15-26-20(25)13-16-9-6-5-7-10-16/h5-12H,3-4,13-15H2,1-2H3. The number of nitrogens with zero attached hydrogens (tertiary/aromatic N) is 1. The van der Waals surface area contributed by atoms with Gasteiger partial charge in [0.15, 0.2) is 6.73 Å². The molecule has 0 unspecified atom stereocenters. The zero-order valence-corrected chi connectivity index (χ0v) is 16.0. The first-order chi connectivity index (χ1) is 12.6. The number of carbonyl (C=O) groups excluding carboxylic acids is 2. The van der Waals surface area contributed by atoms with Gasteiger partial charge in [-0.2, -0.15) is 0 Å². The summed E-state index contributed by atoms with van der Waals surface area (Å²) >= 11 is 5.80. The van der Waals surface area contributed by atoms with Gasteiger partial charge in [0.1, 0.15) is 5.88 Å². The lowest BCUT2D eigenvalue weighted by atomic mass is 10.0. The third-order valence-electron chi connectivity index (χ3n) is 4.20. The molecule has 0 N–H and O–H groups in total. The van der Waals surface area contributed by atoms with E-state index in [1.165, 1.54) is 4.90 Å². The Balaban J connectivity index is 2.19. The molecular weight excluding hydrogens is 350 g/mol. The Morgan fingerprint density at radius 3 is 2.12 bits per heavy atom. The van der Waals surface area contributed by atoms with Crippen LogP contribution in [0.4, 0.5) is 5.69 Å². The highest BCUT2D eigenvalue weighted by molar-refractivity contribution is 6.29. The van der Waals surface area contributed by atoms with Gasteiger partial charge in [0.05, 0.1) is 12.1 Å². The van der Waals surface area contributed by atoms with Crippen molar-refractivity contribution in [3.8, 4) is 0 Å². The zero-order valence-electron chi connectivity index (χ0n) is 15.2. The number of halogens is 1. The highest BCUT2D eigenvalue weighted by Gasteiger charge is 2.21. The topological polar surface area (TPSA) is 46.6 Å². The smallest absolute Gasteiger partial charge is 0.311 e. The van der Waals surface area contributed by atoms with Crippen LogP contribution in [0.2, 0.25) is 0 Å². The van der Waals surface area contributed by atoms with Crippen molar-refractivity contribution in [2.24, 2.45) is 0 Å². The predicted molar refractivity (Wildman–Crippen MR) is 105 cm³/mol. The molecular formula is C21H24ClNO3. The molecule has 0 radical (unpaired) electrons. The molecule has 0 spiro atoms. The Kier molecular flexibility index (Phi) is 7.67. The van der Waals surface area contributed by atoms with Crippen LogP contribution in [0, 0.1) is 0 Å². The Morgan fingerprint density at radius 2 is 1.58 bits per heavy atom. The molecule has 138 valence electrons. The van der Waals surface area contributed by atoms with Crippen molar-refractivity contribution >= 4 is 29.2 Å². The first kappa shape index (κ1) is 20.0. The molecule has 0 heterocycles. The number of rotatable bonds is 8. The van der Waals surface area contributed by atoms with Gasteiger partial charge in [-0.25, -0.2) is 0 Å². The lowest BCUT2D eigenvalue weighted by molar-refractivity contribution is -0.143. The predicted octanol–water partition coefficient (Wildman–Crippen LogP) is 4.13. The van der Waals surface area contributed by atoms with Crippen LogP contribution in [-0.4, -0.2) is 24.5 Å². The molecule has 0 aliphatic rings. The number of para-hydroxylation sites is 1. The number of aryl methyl sites for hydroxylation is 2. The van der Waals surface area contributed by atoms with E-state index < -0.39 is 0 Å². The second kappa shape index (κ2) is 9.97. The Hall–Kier alpha value is -2.33. The van der Waals surface area contributed by atoms with Crippen LogP contribution >= 0.6 is 11.6 Å². The van der Waals surface area contributed by atoms with E-state index in [9.17, 15) is 9.59 Å². The second-order valence-corrected chi connectivity index (χ2v) is 6.16. The SMILES string of the molecule is CCc1cccc(CC)c1N(COC(=O)Cc1ccccc1)C(=O)CCl. The maximum Gasteiger partial charge on any atom is 0.311 e. The molecule has 4 nitrogen and oxygen atoms in total. The third kappa shape index (κ3) is 5.09. The third-order valence-corrected chi connectivity index (χ3v) is 4.42. The maximum absolute atomic E-state index is 12.4. The van der Waals surface area contributed by atoms with Crippen molar-refractivity contribution in [2.75, 3.05) is 17.5 Å². The number of benzene rings is 2. The lowest BCUT2D eigenvalue weighted by Gasteiger charge is -2.26. The minimum Gasteiger partial charge on any atom is -0.444 e. The van der Waals surface area contributed by atoms with Gasteiger partial charge in [-0.15, -0.1) is 11.6 Å². The average molecular weight is 374 g/mol. The van der Waals surface area contributed by atoms with Gasteiger partial charge < -0.3 is 4.74 Å². The van der Waals surface area contributed by atoms with Crippen molar-refractivity contribution < 1.29 is 14.3 Å². The van der Waals surface area contributed by atoms with Crippen LogP contribution in [0.15, 0.2) is 48.5 Å². The van der Waals surface area contributed by atoms with Crippen LogP contribution in [-0.2, 0) is 33.6 Å². The number of esters is 1. The van der Waals surface area contributed by atoms with E-state index in [-0.39, 0.29) is 30.9 Å². The van der Waals surface area contributed by atoms with Crippen LogP contribution in [0.25, 0.3) is 0 Å². The van der Waals surface area contributed by atoms with Crippen molar-refractivity contribution in [3.05, 3.63) is 65.2 Å². The van der Waals surface area contributed by atoms with Gasteiger partial charge in [0, 0.05) is 0 Å².